The van der Waals surface area contributed by atoms with Crippen molar-refractivity contribution in [3.63, 3.8) is 0 Å². The van der Waals surface area contributed by atoms with Crippen LogP contribution in [0.1, 0.15) is 17.3 Å². The number of halogens is 1. The number of fused-ring (bicyclic) bond motifs is 1. The third-order valence-electron chi connectivity index (χ3n) is 7.07. The van der Waals surface area contributed by atoms with Gasteiger partial charge in [-0.1, -0.05) is 29.8 Å². The van der Waals surface area contributed by atoms with E-state index in [0.29, 0.717) is 5.02 Å². The Balaban J connectivity index is 1.56. The van der Waals surface area contributed by atoms with Gasteiger partial charge in [0.25, 0.3) is 5.56 Å². The van der Waals surface area contributed by atoms with Crippen molar-refractivity contribution in [3.8, 4) is 28.3 Å². The maximum atomic E-state index is 12.9. The number of imidazole rings is 1. The first-order valence-electron chi connectivity index (χ1n) is 12.3. The number of benzene rings is 3. The zero-order valence-corrected chi connectivity index (χ0v) is 22.4. The van der Waals surface area contributed by atoms with Gasteiger partial charge in [-0.25, -0.2) is 14.6 Å². The molecule has 0 radical (unpaired) electrons. The summed E-state index contributed by atoms with van der Waals surface area (Å²) in [5.74, 6) is 1.54. The molecule has 0 aliphatic rings. The predicted octanol–water partition coefficient (Wildman–Crippen LogP) is 5.50. The number of nitrogens with zero attached hydrogens (tertiary/aromatic N) is 6. The number of ether oxygens (including phenoxy) is 1. The molecule has 3 aromatic carbocycles. The molecule has 0 saturated carbocycles. The van der Waals surface area contributed by atoms with Crippen LogP contribution in [-0.2, 0) is 14.1 Å². The first-order chi connectivity index (χ1) is 18.9. The van der Waals surface area contributed by atoms with Crippen LogP contribution in [0.5, 0.6) is 5.75 Å². The van der Waals surface area contributed by atoms with Gasteiger partial charge in [-0.2, -0.15) is 5.10 Å². The molecule has 1 atom stereocenters. The van der Waals surface area contributed by atoms with Crippen molar-refractivity contribution < 1.29 is 4.74 Å². The van der Waals surface area contributed by atoms with Gasteiger partial charge in [0.2, 0.25) is 0 Å². The Kier molecular flexibility index (Phi) is 6.24. The molecule has 3 aromatic heterocycles. The Morgan fingerprint density at radius 2 is 1.74 bits per heavy atom. The lowest BCUT2D eigenvalue weighted by atomic mass is 9.96. The molecule has 1 unspecified atom stereocenters. The van der Waals surface area contributed by atoms with Crippen molar-refractivity contribution in [3.05, 3.63) is 118 Å². The minimum Gasteiger partial charge on any atom is -0.497 e. The lowest BCUT2D eigenvalue weighted by molar-refractivity contribution is 0.415. The van der Waals surface area contributed by atoms with Gasteiger partial charge < -0.3 is 13.9 Å². The molecule has 0 aliphatic heterocycles. The van der Waals surface area contributed by atoms with E-state index in [-0.39, 0.29) is 11.6 Å². The van der Waals surface area contributed by atoms with Gasteiger partial charge in [0.05, 0.1) is 24.5 Å². The largest absolute Gasteiger partial charge is 0.497 e. The van der Waals surface area contributed by atoms with Crippen molar-refractivity contribution in [2.75, 3.05) is 7.11 Å². The maximum Gasteiger partial charge on any atom is 0.251 e. The molecule has 0 N–H and O–H groups in total. The van der Waals surface area contributed by atoms with E-state index in [4.69, 9.17) is 21.3 Å². The number of hydrogen-bond donors (Lipinski definition) is 0. The SMILES string of the molecule is COc1cccc(-c2cc(=O)n(C)c3ccc(C(c4cnc(-c5ccc(Cl)cc5)n4C)n4cncn4)cc23)c1. The molecule has 9 heteroatoms. The van der Waals surface area contributed by atoms with Crippen molar-refractivity contribution in [1.82, 2.24) is 28.9 Å². The summed E-state index contributed by atoms with van der Waals surface area (Å²) in [7, 11) is 5.41. The van der Waals surface area contributed by atoms with Crippen LogP contribution in [0.15, 0.2) is 96.4 Å². The topological polar surface area (TPSA) is 79.8 Å². The molecule has 8 nitrogen and oxygen atoms in total. The van der Waals surface area contributed by atoms with Crippen LogP contribution < -0.4 is 10.3 Å². The molecule has 194 valence electrons. The lowest BCUT2D eigenvalue weighted by Gasteiger charge is -2.20. The smallest absolute Gasteiger partial charge is 0.251 e. The molecule has 39 heavy (non-hydrogen) atoms. The van der Waals surface area contributed by atoms with E-state index >= 15 is 0 Å². The summed E-state index contributed by atoms with van der Waals surface area (Å²) in [5, 5.41) is 6.10. The molecule has 0 bridgehead atoms. The van der Waals surface area contributed by atoms with E-state index in [0.717, 1.165) is 50.4 Å². The number of methoxy groups -OCH3 is 1. The minimum absolute atomic E-state index is 0.0832. The molecule has 6 aromatic rings. The average molecular weight is 537 g/mol. The molecule has 6 rings (SSSR count). The zero-order valence-electron chi connectivity index (χ0n) is 21.6. The van der Waals surface area contributed by atoms with Crippen molar-refractivity contribution in [1.29, 1.82) is 0 Å². The van der Waals surface area contributed by atoms with E-state index in [1.165, 1.54) is 6.33 Å². The van der Waals surface area contributed by atoms with Gasteiger partial charge in [0.15, 0.2) is 0 Å². The highest BCUT2D eigenvalue weighted by Crippen LogP contribution is 2.34. The zero-order chi connectivity index (χ0) is 27.1. The minimum atomic E-state index is -0.314. The Hall–Kier alpha value is -4.69. The van der Waals surface area contributed by atoms with Gasteiger partial charge in [-0.3, -0.25) is 4.79 Å². The number of pyridine rings is 1. The fourth-order valence-electron chi connectivity index (χ4n) is 5.03. The molecule has 0 aliphatic carbocycles. The average Bonchev–Trinajstić information content (AvgIpc) is 3.62. The van der Waals surface area contributed by atoms with E-state index in [1.807, 2.05) is 78.6 Å². The Labute approximate surface area is 229 Å². The molecule has 0 saturated heterocycles. The third kappa shape index (κ3) is 4.38. The summed E-state index contributed by atoms with van der Waals surface area (Å²) in [4.78, 5) is 21.9. The number of rotatable bonds is 6. The monoisotopic (exact) mass is 536 g/mol. The quantitative estimate of drug-likeness (QED) is 0.281. The normalized spacial score (nSPS) is 12.1. The van der Waals surface area contributed by atoms with Crippen molar-refractivity contribution in [2.24, 2.45) is 14.1 Å². The first kappa shape index (κ1) is 24.6. The Morgan fingerprint density at radius 1 is 0.923 bits per heavy atom. The van der Waals surface area contributed by atoms with Gasteiger partial charge >= 0.3 is 0 Å². The fourth-order valence-corrected chi connectivity index (χ4v) is 5.16. The van der Waals surface area contributed by atoms with Crippen LogP contribution in [0.4, 0.5) is 0 Å². The summed E-state index contributed by atoms with van der Waals surface area (Å²) in [6, 6.07) is 22.8. The van der Waals surface area contributed by atoms with E-state index in [1.54, 1.807) is 31.1 Å². The second-order valence-electron chi connectivity index (χ2n) is 9.31. The number of aryl methyl sites for hydroxylation is 1. The Morgan fingerprint density at radius 3 is 2.49 bits per heavy atom. The van der Waals surface area contributed by atoms with Gasteiger partial charge in [0.1, 0.15) is 30.3 Å². The Bertz CT molecular complexity index is 1860. The highest BCUT2D eigenvalue weighted by molar-refractivity contribution is 6.30. The first-order valence-corrected chi connectivity index (χ1v) is 12.7. The molecule has 0 spiro atoms. The van der Waals surface area contributed by atoms with Crippen LogP contribution in [0.2, 0.25) is 5.02 Å². The standard InChI is InChI=1S/C30H25ClN6O2/c1-35-26-12-9-21(14-25(26)24(15-28(35)38)20-5-4-6-23(13-20)39-3)29(37-18-32-17-34-37)27-16-33-30(36(27)2)19-7-10-22(31)11-8-19/h4-18,29H,1-3H3. The van der Waals surface area contributed by atoms with E-state index in [9.17, 15) is 4.79 Å². The van der Waals surface area contributed by atoms with Crippen LogP contribution >= 0.6 is 11.6 Å². The highest BCUT2D eigenvalue weighted by atomic mass is 35.5. The predicted molar refractivity (Wildman–Crippen MR) is 152 cm³/mol. The summed E-state index contributed by atoms with van der Waals surface area (Å²) in [6.45, 7) is 0. The number of aromatic nitrogens is 6. The summed E-state index contributed by atoms with van der Waals surface area (Å²) < 4.78 is 11.0. The second kappa shape index (κ2) is 9.89. The van der Waals surface area contributed by atoms with Crippen LogP contribution in [0.3, 0.4) is 0 Å². The fraction of sp³-hybridized carbons (Fsp3) is 0.133. The van der Waals surface area contributed by atoms with Crippen molar-refractivity contribution in [2.45, 2.75) is 6.04 Å². The van der Waals surface area contributed by atoms with Crippen molar-refractivity contribution >= 4 is 22.5 Å². The lowest BCUT2D eigenvalue weighted by Crippen LogP contribution is -2.18. The summed E-state index contributed by atoms with van der Waals surface area (Å²) in [5.41, 5.74) is 5.34. The summed E-state index contributed by atoms with van der Waals surface area (Å²) in [6.07, 6.45) is 5.09. The van der Waals surface area contributed by atoms with Gasteiger partial charge in [0, 0.05) is 36.1 Å². The molecule has 3 heterocycles. The van der Waals surface area contributed by atoms with Crippen LogP contribution in [0.25, 0.3) is 33.4 Å². The van der Waals surface area contributed by atoms with E-state index in [2.05, 4.69) is 20.7 Å². The molecular formula is C30H25ClN6O2. The highest BCUT2D eigenvalue weighted by Gasteiger charge is 2.24. The number of hydrogen-bond acceptors (Lipinski definition) is 5. The van der Waals surface area contributed by atoms with Crippen LogP contribution in [0, 0.1) is 0 Å². The molecule has 0 fully saturated rings. The third-order valence-corrected chi connectivity index (χ3v) is 7.33. The van der Waals surface area contributed by atoms with Crippen LogP contribution in [-0.4, -0.2) is 36.0 Å². The maximum absolute atomic E-state index is 12.9. The van der Waals surface area contributed by atoms with Gasteiger partial charge in [-0.05, 0) is 65.2 Å². The second-order valence-corrected chi connectivity index (χ2v) is 9.75. The molecular weight excluding hydrogens is 512 g/mol. The van der Waals surface area contributed by atoms with E-state index < -0.39 is 0 Å². The van der Waals surface area contributed by atoms with Gasteiger partial charge in [-0.15, -0.1) is 0 Å². The molecule has 0 amide bonds. The summed E-state index contributed by atoms with van der Waals surface area (Å²) >= 11 is 6.11.